The second-order valence-electron chi connectivity index (χ2n) is 8.63. The first-order chi connectivity index (χ1) is 16.2. The molecule has 2 aliphatic rings. The van der Waals surface area contributed by atoms with Gasteiger partial charge in [-0.05, 0) is 66.9 Å². The van der Waals surface area contributed by atoms with Crippen LogP contribution in [0.15, 0.2) is 72.8 Å². The standard InChI is InChI=1S/C29H29NO3/c1-32-23-13-9-22(10-14-23)28-27(25-7-3-4-8-26(25)29(28)31)21-11-15-24(16-12-21)33-20-19-30-17-5-2-6-18-30/h3-4,7-16H,2,5-6,17-20H2,1H3. The molecular weight excluding hydrogens is 410 g/mol. The maximum Gasteiger partial charge on any atom is 0.194 e. The zero-order valence-corrected chi connectivity index (χ0v) is 19.0. The number of carbonyl (C=O) groups excluding carboxylic acids is 1. The predicted octanol–water partition coefficient (Wildman–Crippen LogP) is 5.72. The molecule has 0 saturated carbocycles. The lowest BCUT2D eigenvalue weighted by Crippen LogP contribution is -2.33. The molecule has 0 atom stereocenters. The molecule has 3 aromatic rings. The number of carbonyl (C=O) groups is 1. The number of piperidine rings is 1. The highest BCUT2D eigenvalue weighted by molar-refractivity contribution is 6.41. The average Bonchev–Trinajstić information content (AvgIpc) is 3.17. The predicted molar refractivity (Wildman–Crippen MR) is 132 cm³/mol. The summed E-state index contributed by atoms with van der Waals surface area (Å²) in [6.45, 7) is 4.02. The zero-order chi connectivity index (χ0) is 22.6. The minimum atomic E-state index is 0.0626. The Bertz CT molecular complexity index is 1160. The summed E-state index contributed by atoms with van der Waals surface area (Å²) < 4.78 is 11.3. The maximum atomic E-state index is 13.4. The molecule has 0 bridgehead atoms. The minimum absolute atomic E-state index is 0.0626. The lowest BCUT2D eigenvalue weighted by molar-refractivity contribution is 0.105. The molecule has 0 radical (unpaired) electrons. The Morgan fingerprint density at radius 2 is 1.33 bits per heavy atom. The van der Waals surface area contributed by atoms with E-state index in [0.29, 0.717) is 6.61 Å². The smallest absolute Gasteiger partial charge is 0.194 e. The average molecular weight is 440 g/mol. The molecule has 1 saturated heterocycles. The van der Waals surface area contributed by atoms with Crippen LogP contribution >= 0.6 is 0 Å². The number of methoxy groups -OCH3 is 1. The molecule has 5 rings (SSSR count). The number of hydrogen-bond acceptors (Lipinski definition) is 4. The van der Waals surface area contributed by atoms with Crippen LogP contribution in [-0.4, -0.2) is 44.0 Å². The molecule has 1 heterocycles. The van der Waals surface area contributed by atoms with Gasteiger partial charge in [0, 0.05) is 23.3 Å². The summed E-state index contributed by atoms with van der Waals surface area (Å²) in [5.41, 5.74) is 5.35. The highest BCUT2D eigenvalue weighted by Crippen LogP contribution is 2.42. The van der Waals surface area contributed by atoms with Gasteiger partial charge in [0.05, 0.1) is 7.11 Å². The maximum absolute atomic E-state index is 13.4. The number of benzene rings is 3. The quantitative estimate of drug-likeness (QED) is 0.472. The molecule has 0 unspecified atom stereocenters. The van der Waals surface area contributed by atoms with E-state index in [2.05, 4.69) is 17.0 Å². The van der Waals surface area contributed by atoms with E-state index in [1.54, 1.807) is 7.11 Å². The van der Waals surface area contributed by atoms with Crippen LogP contribution in [0, 0.1) is 0 Å². The Labute approximate surface area is 195 Å². The van der Waals surface area contributed by atoms with Gasteiger partial charge in [0.25, 0.3) is 0 Å². The van der Waals surface area contributed by atoms with Gasteiger partial charge in [-0.3, -0.25) is 9.69 Å². The fraction of sp³-hybridized carbons (Fsp3) is 0.276. The third-order valence-corrected chi connectivity index (χ3v) is 6.56. The van der Waals surface area contributed by atoms with Gasteiger partial charge in [-0.2, -0.15) is 0 Å². The molecule has 0 N–H and O–H groups in total. The topological polar surface area (TPSA) is 38.8 Å². The number of rotatable bonds is 7. The van der Waals surface area contributed by atoms with E-state index in [0.717, 1.165) is 51.4 Å². The molecule has 33 heavy (non-hydrogen) atoms. The van der Waals surface area contributed by atoms with Crippen molar-refractivity contribution in [2.45, 2.75) is 19.3 Å². The van der Waals surface area contributed by atoms with Crippen LogP contribution in [0.4, 0.5) is 0 Å². The SMILES string of the molecule is COc1ccc(C2=C(c3ccc(OCCN4CCCCC4)cc3)c3ccccc3C2=O)cc1. The van der Waals surface area contributed by atoms with E-state index in [1.807, 2.05) is 60.7 Å². The highest BCUT2D eigenvalue weighted by atomic mass is 16.5. The summed E-state index contributed by atoms with van der Waals surface area (Å²) in [5, 5.41) is 0. The van der Waals surface area contributed by atoms with E-state index in [1.165, 1.54) is 32.4 Å². The third kappa shape index (κ3) is 4.44. The Hall–Kier alpha value is -3.37. The van der Waals surface area contributed by atoms with Crippen LogP contribution in [-0.2, 0) is 0 Å². The van der Waals surface area contributed by atoms with Crippen molar-refractivity contribution < 1.29 is 14.3 Å². The Morgan fingerprint density at radius 3 is 2.00 bits per heavy atom. The van der Waals surface area contributed by atoms with E-state index in [4.69, 9.17) is 9.47 Å². The van der Waals surface area contributed by atoms with Gasteiger partial charge in [0.2, 0.25) is 0 Å². The molecule has 0 spiro atoms. The molecule has 3 aromatic carbocycles. The first kappa shape index (κ1) is 21.5. The summed E-state index contributed by atoms with van der Waals surface area (Å²) in [6, 6.07) is 23.7. The fourth-order valence-electron chi connectivity index (χ4n) is 4.81. The Morgan fingerprint density at radius 1 is 0.727 bits per heavy atom. The fourth-order valence-corrected chi connectivity index (χ4v) is 4.81. The van der Waals surface area contributed by atoms with Crippen molar-refractivity contribution in [3.05, 3.63) is 95.1 Å². The zero-order valence-electron chi connectivity index (χ0n) is 19.0. The third-order valence-electron chi connectivity index (χ3n) is 6.56. The van der Waals surface area contributed by atoms with Crippen molar-refractivity contribution in [2.75, 3.05) is 33.4 Å². The molecule has 1 aliphatic heterocycles. The largest absolute Gasteiger partial charge is 0.497 e. The van der Waals surface area contributed by atoms with Crippen LogP contribution in [0.3, 0.4) is 0 Å². The number of Topliss-reactive ketones (excluding diaryl/α,β-unsaturated/α-hetero) is 1. The van der Waals surface area contributed by atoms with Crippen molar-refractivity contribution in [3.8, 4) is 11.5 Å². The number of likely N-dealkylation sites (tertiary alicyclic amines) is 1. The summed E-state index contributed by atoms with van der Waals surface area (Å²) in [7, 11) is 1.65. The van der Waals surface area contributed by atoms with Crippen molar-refractivity contribution in [1.82, 2.24) is 4.90 Å². The lowest BCUT2D eigenvalue weighted by Gasteiger charge is -2.26. The summed E-state index contributed by atoms with van der Waals surface area (Å²) in [4.78, 5) is 15.9. The van der Waals surface area contributed by atoms with E-state index in [-0.39, 0.29) is 5.78 Å². The number of fused-ring (bicyclic) bond motifs is 1. The Balaban J connectivity index is 1.41. The summed E-state index contributed by atoms with van der Waals surface area (Å²) in [5.74, 6) is 1.70. The van der Waals surface area contributed by atoms with Crippen molar-refractivity contribution in [3.63, 3.8) is 0 Å². The lowest BCUT2D eigenvalue weighted by atomic mass is 9.94. The van der Waals surface area contributed by atoms with Gasteiger partial charge in [0.15, 0.2) is 5.78 Å². The Kier molecular flexibility index (Phi) is 6.27. The van der Waals surface area contributed by atoms with Crippen LogP contribution in [0.1, 0.15) is 46.3 Å². The van der Waals surface area contributed by atoms with Crippen molar-refractivity contribution >= 4 is 16.9 Å². The number of nitrogens with zero attached hydrogens (tertiary/aromatic N) is 1. The first-order valence-corrected chi connectivity index (χ1v) is 11.7. The molecule has 0 aromatic heterocycles. The summed E-state index contributed by atoms with van der Waals surface area (Å²) in [6.07, 6.45) is 3.93. The van der Waals surface area contributed by atoms with Gasteiger partial charge in [0.1, 0.15) is 18.1 Å². The van der Waals surface area contributed by atoms with Gasteiger partial charge in [-0.1, -0.05) is 55.0 Å². The second-order valence-corrected chi connectivity index (χ2v) is 8.63. The van der Waals surface area contributed by atoms with E-state index >= 15 is 0 Å². The molecule has 1 aliphatic carbocycles. The normalized spacial score (nSPS) is 16.1. The van der Waals surface area contributed by atoms with Crippen LogP contribution < -0.4 is 9.47 Å². The van der Waals surface area contributed by atoms with Gasteiger partial charge >= 0.3 is 0 Å². The van der Waals surface area contributed by atoms with E-state index in [9.17, 15) is 4.79 Å². The molecule has 168 valence electrons. The van der Waals surface area contributed by atoms with Crippen LogP contribution in [0.5, 0.6) is 11.5 Å². The van der Waals surface area contributed by atoms with Gasteiger partial charge in [-0.25, -0.2) is 0 Å². The molecule has 4 nitrogen and oxygen atoms in total. The molecule has 0 amide bonds. The van der Waals surface area contributed by atoms with Crippen molar-refractivity contribution in [1.29, 1.82) is 0 Å². The number of hydrogen-bond donors (Lipinski definition) is 0. The van der Waals surface area contributed by atoms with Gasteiger partial charge < -0.3 is 9.47 Å². The van der Waals surface area contributed by atoms with Crippen molar-refractivity contribution in [2.24, 2.45) is 0 Å². The number of allylic oxidation sites excluding steroid dienone is 1. The molecule has 1 fully saturated rings. The molecule has 4 heteroatoms. The highest BCUT2D eigenvalue weighted by Gasteiger charge is 2.31. The van der Waals surface area contributed by atoms with Gasteiger partial charge in [-0.15, -0.1) is 0 Å². The van der Waals surface area contributed by atoms with Crippen LogP contribution in [0.25, 0.3) is 11.1 Å². The number of ether oxygens (including phenoxy) is 2. The molecular formula is C29H29NO3. The first-order valence-electron chi connectivity index (χ1n) is 11.7. The number of ketones is 1. The minimum Gasteiger partial charge on any atom is -0.497 e. The van der Waals surface area contributed by atoms with Crippen LogP contribution in [0.2, 0.25) is 0 Å². The monoisotopic (exact) mass is 439 g/mol. The van der Waals surface area contributed by atoms with E-state index < -0.39 is 0 Å². The second kappa shape index (κ2) is 9.63. The summed E-state index contributed by atoms with van der Waals surface area (Å²) >= 11 is 0.